The molecule has 0 aromatic carbocycles. The number of nitrogens with one attached hydrogen (secondary N) is 1. The molecule has 17 heavy (non-hydrogen) atoms. The van der Waals surface area contributed by atoms with Gasteiger partial charge in [-0.05, 0) is 25.0 Å². The Kier molecular flexibility index (Phi) is 5.18. The van der Waals surface area contributed by atoms with Gasteiger partial charge in [0.25, 0.3) is 5.91 Å². The number of pyridine rings is 1. The summed E-state index contributed by atoms with van der Waals surface area (Å²) >= 11 is 11.6. The summed E-state index contributed by atoms with van der Waals surface area (Å²) in [6, 6.07) is 2.86. The number of carbonyl (C=O) groups excluding carboxylic acids is 1. The highest BCUT2D eigenvalue weighted by molar-refractivity contribution is 6.34. The molecule has 6 heteroatoms. The quantitative estimate of drug-likeness (QED) is 0.829. The van der Waals surface area contributed by atoms with E-state index in [1.165, 1.54) is 12.1 Å². The molecule has 1 aromatic heterocycles. The third-order valence-electron chi connectivity index (χ3n) is 2.53. The fourth-order valence-corrected chi connectivity index (χ4v) is 1.49. The summed E-state index contributed by atoms with van der Waals surface area (Å²) in [4.78, 5) is 15.7. The highest BCUT2D eigenvalue weighted by Gasteiger charge is 2.18. The molecule has 2 N–H and O–H groups in total. The van der Waals surface area contributed by atoms with Gasteiger partial charge < -0.3 is 10.4 Å². The lowest BCUT2D eigenvalue weighted by molar-refractivity contribution is 0.0911. The summed E-state index contributed by atoms with van der Waals surface area (Å²) in [5, 5.41) is 12.1. The van der Waals surface area contributed by atoms with E-state index in [-0.39, 0.29) is 34.4 Å². The van der Waals surface area contributed by atoms with Crippen molar-refractivity contribution in [1.29, 1.82) is 0 Å². The zero-order valence-corrected chi connectivity index (χ0v) is 11.1. The van der Waals surface area contributed by atoms with E-state index >= 15 is 0 Å². The molecule has 1 amide bonds. The maximum absolute atomic E-state index is 11.9. The fraction of sp³-hybridized carbons (Fsp3) is 0.455. The Morgan fingerprint density at radius 1 is 1.47 bits per heavy atom. The third kappa shape index (κ3) is 3.84. The monoisotopic (exact) mass is 276 g/mol. The number of hydrogen-bond donors (Lipinski definition) is 2. The molecule has 0 radical (unpaired) electrons. The highest BCUT2D eigenvalue weighted by Crippen LogP contribution is 2.17. The summed E-state index contributed by atoms with van der Waals surface area (Å²) < 4.78 is 0. The highest BCUT2D eigenvalue weighted by atomic mass is 35.5. The summed E-state index contributed by atoms with van der Waals surface area (Å²) in [6.07, 6.45) is 0. The smallest absolute Gasteiger partial charge is 0.271 e. The second-order valence-corrected chi connectivity index (χ2v) is 4.68. The molecule has 0 bridgehead atoms. The second kappa shape index (κ2) is 6.19. The van der Waals surface area contributed by atoms with Gasteiger partial charge in [-0.2, -0.15) is 0 Å². The minimum atomic E-state index is -0.398. The molecule has 1 rings (SSSR count). The van der Waals surface area contributed by atoms with E-state index < -0.39 is 5.91 Å². The zero-order valence-electron chi connectivity index (χ0n) is 9.58. The first-order chi connectivity index (χ1) is 7.95. The Balaban J connectivity index is 2.79. The van der Waals surface area contributed by atoms with E-state index in [0.717, 1.165) is 0 Å². The van der Waals surface area contributed by atoms with E-state index in [2.05, 4.69) is 10.3 Å². The van der Waals surface area contributed by atoms with Crippen molar-refractivity contribution in [3.8, 4) is 0 Å². The van der Waals surface area contributed by atoms with Crippen LogP contribution < -0.4 is 5.32 Å². The van der Waals surface area contributed by atoms with Gasteiger partial charge in [0, 0.05) is 12.6 Å². The van der Waals surface area contributed by atoms with Gasteiger partial charge in [-0.25, -0.2) is 4.98 Å². The minimum absolute atomic E-state index is 0.00183. The number of aliphatic hydroxyl groups excluding tert-OH is 1. The van der Waals surface area contributed by atoms with Gasteiger partial charge in [0.1, 0.15) is 10.8 Å². The van der Waals surface area contributed by atoms with Crippen LogP contribution in [0.5, 0.6) is 0 Å². The SMILES string of the molecule is CC(CO)C(C)NC(=O)c1nc(Cl)ccc1Cl. The largest absolute Gasteiger partial charge is 0.396 e. The number of rotatable bonds is 4. The first kappa shape index (κ1) is 14.2. The number of halogens is 2. The third-order valence-corrected chi connectivity index (χ3v) is 3.04. The van der Waals surface area contributed by atoms with Gasteiger partial charge in [0.15, 0.2) is 0 Å². The van der Waals surface area contributed by atoms with Crippen molar-refractivity contribution in [2.24, 2.45) is 5.92 Å². The van der Waals surface area contributed by atoms with Crippen molar-refractivity contribution < 1.29 is 9.90 Å². The van der Waals surface area contributed by atoms with Gasteiger partial charge >= 0.3 is 0 Å². The number of nitrogens with zero attached hydrogens (tertiary/aromatic N) is 1. The van der Waals surface area contributed by atoms with Crippen LogP contribution in [0.2, 0.25) is 10.2 Å². The standard InChI is InChI=1S/C11H14Cl2N2O2/c1-6(5-16)7(2)14-11(17)10-8(12)3-4-9(13)15-10/h3-4,6-7,16H,5H2,1-2H3,(H,14,17). The molecule has 4 nitrogen and oxygen atoms in total. The molecule has 1 heterocycles. The van der Waals surface area contributed by atoms with Crippen molar-refractivity contribution >= 4 is 29.1 Å². The van der Waals surface area contributed by atoms with Crippen LogP contribution in [0.1, 0.15) is 24.3 Å². The van der Waals surface area contributed by atoms with Crippen LogP contribution in [0.25, 0.3) is 0 Å². The lowest BCUT2D eigenvalue weighted by Gasteiger charge is -2.19. The second-order valence-electron chi connectivity index (χ2n) is 3.89. The number of hydrogen-bond acceptors (Lipinski definition) is 3. The first-order valence-electron chi connectivity index (χ1n) is 5.19. The number of aliphatic hydroxyl groups is 1. The molecule has 0 fully saturated rings. The Morgan fingerprint density at radius 2 is 2.12 bits per heavy atom. The maximum Gasteiger partial charge on any atom is 0.271 e. The molecule has 1 aromatic rings. The van der Waals surface area contributed by atoms with Gasteiger partial charge in [-0.15, -0.1) is 0 Å². The van der Waals surface area contributed by atoms with Crippen LogP contribution >= 0.6 is 23.2 Å². The van der Waals surface area contributed by atoms with Crippen molar-refractivity contribution in [3.05, 3.63) is 28.0 Å². The van der Waals surface area contributed by atoms with Crippen molar-refractivity contribution in [2.45, 2.75) is 19.9 Å². The average molecular weight is 277 g/mol. The molecule has 2 unspecified atom stereocenters. The minimum Gasteiger partial charge on any atom is -0.396 e. The Labute approximate surface area is 110 Å². The lowest BCUT2D eigenvalue weighted by atomic mass is 10.1. The van der Waals surface area contributed by atoms with Crippen LogP contribution in [0.4, 0.5) is 0 Å². The van der Waals surface area contributed by atoms with Crippen molar-refractivity contribution in [2.75, 3.05) is 6.61 Å². The fourth-order valence-electron chi connectivity index (χ4n) is 1.15. The van der Waals surface area contributed by atoms with Crippen LogP contribution in [0, 0.1) is 5.92 Å². The Morgan fingerprint density at radius 3 is 2.71 bits per heavy atom. The summed E-state index contributed by atoms with van der Waals surface area (Å²) in [5.41, 5.74) is 0.0937. The molecule has 0 saturated carbocycles. The molecular weight excluding hydrogens is 263 g/mol. The van der Waals surface area contributed by atoms with Crippen LogP contribution in [-0.2, 0) is 0 Å². The number of aromatic nitrogens is 1. The van der Waals surface area contributed by atoms with Gasteiger partial charge in [0.05, 0.1) is 5.02 Å². The topological polar surface area (TPSA) is 62.2 Å². The van der Waals surface area contributed by atoms with Crippen LogP contribution in [0.15, 0.2) is 12.1 Å². The summed E-state index contributed by atoms with van der Waals surface area (Å²) in [7, 11) is 0. The average Bonchev–Trinajstić information content (AvgIpc) is 2.30. The predicted molar refractivity (Wildman–Crippen MR) is 67.4 cm³/mol. The van der Waals surface area contributed by atoms with Gasteiger partial charge in [-0.1, -0.05) is 30.1 Å². The van der Waals surface area contributed by atoms with E-state index in [1.807, 2.05) is 6.92 Å². The molecular formula is C11H14Cl2N2O2. The van der Waals surface area contributed by atoms with Crippen LogP contribution in [0.3, 0.4) is 0 Å². The Hall–Kier alpha value is -0.840. The van der Waals surface area contributed by atoms with Crippen molar-refractivity contribution in [3.63, 3.8) is 0 Å². The number of carbonyl (C=O) groups is 1. The number of amides is 1. The molecule has 0 spiro atoms. The van der Waals surface area contributed by atoms with Gasteiger partial charge in [0.2, 0.25) is 0 Å². The maximum atomic E-state index is 11.9. The first-order valence-corrected chi connectivity index (χ1v) is 5.95. The van der Waals surface area contributed by atoms with Gasteiger partial charge in [-0.3, -0.25) is 4.79 Å². The molecule has 2 atom stereocenters. The van der Waals surface area contributed by atoms with E-state index in [1.54, 1.807) is 6.92 Å². The van der Waals surface area contributed by atoms with E-state index in [4.69, 9.17) is 28.3 Å². The normalized spacial score (nSPS) is 14.2. The summed E-state index contributed by atoms with van der Waals surface area (Å²) in [5.74, 6) is -0.442. The summed E-state index contributed by atoms with van der Waals surface area (Å²) in [6.45, 7) is 3.63. The van der Waals surface area contributed by atoms with E-state index in [0.29, 0.717) is 0 Å². The predicted octanol–water partition coefficient (Wildman–Crippen LogP) is 2.14. The lowest BCUT2D eigenvalue weighted by Crippen LogP contribution is -2.38. The molecule has 0 aliphatic carbocycles. The molecule has 0 aliphatic heterocycles. The van der Waals surface area contributed by atoms with Crippen LogP contribution in [-0.4, -0.2) is 28.6 Å². The Bertz CT molecular complexity index is 412. The molecule has 0 saturated heterocycles. The van der Waals surface area contributed by atoms with E-state index in [9.17, 15) is 4.79 Å². The molecule has 0 aliphatic rings. The van der Waals surface area contributed by atoms with Crippen molar-refractivity contribution in [1.82, 2.24) is 10.3 Å². The molecule has 94 valence electrons. The zero-order chi connectivity index (χ0) is 13.0.